The number of fused-ring (bicyclic) bond motifs is 1. The predicted octanol–water partition coefficient (Wildman–Crippen LogP) is 3.94. The van der Waals surface area contributed by atoms with Crippen LogP contribution in [0.3, 0.4) is 0 Å². The lowest BCUT2D eigenvalue weighted by molar-refractivity contribution is -0.117. The summed E-state index contributed by atoms with van der Waals surface area (Å²) in [7, 11) is 0. The van der Waals surface area contributed by atoms with Crippen LogP contribution in [-0.4, -0.2) is 25.0 Å². The molecule has 7 heteroatoms. The van der Waals surface area contributed by atoms with E-state index in [4.69, 9.17) is 23.2 Å². The van der Waals surface area contributed by atoms with Gasteiger partial charge in [0.2, 0.25) is 5.91 Å². The first-order valence-electron chi connectivity index (χ1n) is 8.33. The number of carbonyl (C=O) groups excluding carboxylic acids is 2. The molecular formula is C19H19Cl2N3O2. The number of nitrogens with one attached hydrogen (secondary N) is 2. The number of halogens is 2. The van der Waals surface area contributed by atoms with Gasteiger partial charge in [-0.3, -0.25) is 4.79 Å². The van der Waals surface area contributed by atoms with Gasteiger partial charge in [0.15, 0.2) is 0 Å². The Morgan fingerprint density at radius 3 is 2.73 bits per heavy atom. The maximum atomic E-state index is 12.4. The fourth-order valence-electron chi connectivity index (χ4n) is 3.03. The number of amides is 3. The Bertz CT molecular complexity index is 841. The molecule has 26 heavy (non-hydrogen) atoms. The SMILES string of the molecule is CC(NC(=O)NCC(=O)N1CCc2ccccc21)c1ccc(Cl)cc1Cl. The van der Waals surface area contributed by atoms with E-state index >= 15 is 0 Å². The second-order valence-corrected chi connectivity index (χ2v) is 6.98. The van der Waals surface area contributed by atoms with Crippen LogP contribution in [0.4, 0.5) is 10.5 Å². The predicted molar refractivity (Wildman–Crippen MR) is 104 cm³/mol. The number of urea groups is 1. The van der Waals surface area contributed by atoms with Crippen LogP contribution in [0, 0.1) is 0 Å². The normalized spacial score (nSPS) is 13.9. The van der Waals surface area contributed by atoms with Crippen LogP contribution in [-0.2, 0) is 11.2 Å². The summed E-state index contributed by atoms with van der Waals surface area (Å²) in [5, 5.41) is 6.40. The van der Waals surface area contributed by atoms with Crippen molar-refractivity contribution in [3.8, 4) is 0 Å². The first-order valence-corrected chi connectivity index (χ1v) is 9.09. The zero-order valence-corrected chi connectivity index (χ0v) is 15.8. The zero-order chi connectivity index (χ0) is 18.7. The van der Waals surface area contributed by atoms with Crippen molar-refractivity contribution in [3.05, 3.63) is 63.6 Å². The maximum absolute atomic E-state index is 12.4. The topological polar surface area (TPSA) is 61.4 Å². The van der Waals surface area contributed by atoms with Crippen LogP contribution in [0.5, 0.6) is 0 Å². The molecule has 0 fully saturated rings. The molecule has 1 aliphatic rings. The Morgan fingerprint density at radius 1 is 1.19 bits per heavy atom. The molecule has 1 aliphatic heterocycles. The first kappa shape index (κ1) is 18.5. The van der Waals surface area contributed by atoms with Gasteiger partial charge in [0.05, 0.1) is 12.6 Å². The molecule has 0 aromatic heterocycles. The van der Waals surface area contributed by atoms with Gasteiger partial charge in [0.25, 0.3) is 0 Å². The van der Waals surface area contributed by atoms with Crippen LogP contribution in [0.1, 0.15) is 24.1 Å². The van der Waals surface area contributed by atoms with Crippen LogP contribution in [0.25, 0.3) is 0 Å². The molecule has 0 aliphatic carbocycles. The van der Waals surface area contributed by atoms with E-state index in [9.17, 15) is 9.59 Å². The molecule has 2 aromatic rings. The highest BCUT2D eigenvalue weighted by atomic mass is 35.5. The third-order valence-corrected chi connectivity index (χ3v) is 4.93. The largest absolute Gasteiger partial charge is 0.332 e. The van der Waals surface area contributed by atoms with Gasteiger partial charge in [-0.25, -0.2) is 4.79 Å². The first-order chi connectivity index (χ1) is 12.5. The summed E-state index contributed by atoms with van der Waals surface area (Å²) in [5.41, 5.74) is 2.82. The van der Waals surface area contributed by atoms with Gasteiger partial charge in [-0.2, -0.15) is 0 Å². The zero-order valence-electron chi connectivity index (χ0n) is 14.3. The summed E-state index contributed by atoms with van der Waals surface area (Å²) in [4.78, 5) is 26.2. The lowest BCUT2D eigenvalue weighted by Crippen LogP contribution is -2.44. The molecule has 0 spiro atoms. The number of para-hydroxylation sites is 1. The molecule has 0 saturated heterocycles. The maximum Gasteiger partial charge on any atom is 0.315 e. The van der Waals surface area contributed by atoms with Gasteiger partial charge in [-0.05, 0) is 42.7 Å². The molecule has 5 nitrogen and oxygen atoms in total. The molecule has 1 unspecified atom stereocenters. The summed E-state index contributed by atoms with van der Waals surface area (Å²) in [6, 6.07) is 12.2. The lowest BCUT2D eigenvalue weighted by Gasteiger charge is -2.19. The second-order valence-electron chi connectivity index (χ2n) is 6.14. The molecule has 2 N–H and O–H groups in total. The van der Waals surface area contributed by atoms with Crippen molar-refractivity contribution in [1.82, 2.24) is 10.6 Å². The van der Waals surface area contributed by atoms with Crippen molar-refractivity contribution in [2.24, 2.45) is 0 Å². The second kappa shape index (κ2) is 7.98. The third kappa shape index (κ3) is 4.11. The van der Waals surface area contributed by atoms with Gasteiger partial charge in [-0.15, -0.1) is 0 Å². The number of anilines is 1. The minimum Gasteiger partial charge on any atom is -0.332 e. The van der Waals surface area contributed by atoms with Gasteiger partial charge < -0.3 is 15.5 Å². The van der Waals surface area contributed by atoms with Crippen LogP contribution >= 0.6 is 23.2 Å². The van der Waals surface area contributed by atoms with Crippen molar-refractivity contribution < 1.29 is 9.59 Å². The molecule has 3 rings (SSSR count). The van der Waals surface area contributed by atoms with E-state index in [1.54, 1.807) is 23.1 Å². The number of rotatable bonds is 4. The standard InChI is InChI=1S/C19H19Cl2N3O2/c1-12(15-7-6-14(20)10-16(15)21)23-19(26)22-11-18(25)24-9-8-13-4-2-3-5-17(13)24/h2-7,10,12H,8-9,11H2,1H3,(H2,22,23,26). The number of benzene rings is 2. The molecule has 0 radical (unpaired) electrons. The Labute approximate surface area is 162 Å². The smallest absolute Gasteiger partial charge is 0.315 e. The third-order valence-electron chi connectivity index (χ3n) is 4.36. The highest BCUT2D eigenvalue weighted by Crippen LogP contribution is 2.27. The number of hydrogen-bond donors (Lipinski definition) is 2. The molecule has 136 valence electrons. The minimum atomic E-state index is -0.427. The molecule has 1 atom stereocenters. The molecule has 0 bridgehead atoms. The number of nitrogens with zero attached hydrogens (tertiary/aromatic N) is 1. The molecule has 0 saturated carbocycles. The van der Waals surface area contributed by atoms with E-state index < -0.39 is 6.03 Å². The average molecular weight is 392 g/mol. The van der Waals surface area contributed by atoms with Gasteiger partial charge in [0, 0.05) is 22.3 Å². The monoisotopic (exact) mass is 391 g/mol. The van der Waals surface area contributed by atoms with E-state index in [1.807, 2.05) is 31.2 Å². The van der Waals surface area contributed by atoms with E-state index in [0.29, 0.717) is 16.6 Å². The fourth-order valence-corrected chi connectivity index (χ4v) is 3.60. The summed E-state index contributed by atoms with van der Waals surface area (Å²) >= 11 is 12.0. The molecule has 1 heterocycles. The Morgan fingerprint density at radius 2 is 1.96 bits per heavy atom. The Balaban J connectivity index is 1.53. The van der Waals surface area contributed by atoms with Gasteiger partial charge >= 0.3 is 6.03 Å². The van der Waals surface area contributed by atoms with Crippen LogP contribution in [0.2, 0.25) is 10.0 Å². The van der Waals surface area contributed by atoms with Crippen molar-refractivity contribution in [3.63, 3.8) is 0 Å². The molecular weight excluding hydrogens is 373 g/mol. The van der Waals surface area contributed by atoms with E-state index in [2.05, 4.69) is 10.6 Å². The van der Waals surface area contributed by atoms with Gasteiger partial charge in [-0.1, -0.05) is 47.5 Å². The Kier molecular flexibility index (Phi) is 5.69. The lowest BCUT2D eigenvalue weighted by atomic mass is 10.1. The quantitative estimate of drug-likeness (QED) is 0.828. The summed E-state index contributed by atoms with van der Waals surface area (Å²) in [6.45, 7) is 2.38. The summed E-state index contributed by atoms with van der Waals surface area (Å²) in [6.07, 6.45) is 0.834. The van der Waals surface area contributed by atoms with E-state index in [-0.39, 0.29) is 18.5 Å². The van der Waals surface area contributed by atoms with Crippen molar-refractivity contribution >= 4 is 40.8 Å². The fraction of sp³-hybridized carbons (Fsp3) is 0.263. The van der Waals surface area contributed by atoms with Crippen molar-refractivity contribution in [2.75, 3.05) is 18.0 Å². The summed E-state index contributed by atoms with van der Waals surface area (Å²) < 4.78 is 0. The van der Waals surface area contributed by atoms with E-state index in [0.717, 1.165) is 23.2 Å². The number of hydrogen-bond acceptors (Lipinski definition) is 2. The molecule has 2 aromatic carbocycles. The van der Waals surface area contributed by atoms with E-state index in [1.165, 1.54) is 0 Å². The van der Waals surface area contributed by atoms with Crippen LogP contribution in [0.15, 0.2) is 42.5 Å². The average Bonchev–Trinajstić information content (AvgIpc) is 3.03. The Hall–Kier alpha value is -2.24. The summed E-state index contributed by atoms with van der Waals surface area (Å²) in [5.74, 6) is -0.137. The van der Waals surface area contributed by atoms with Crippen molar-refractivity contribution in [1.29, 1.82) is 0 Å². The highest BCUT2D eigenvalue weighted by Gasteiger charge is 2.24. The van der Waals surface area contributed by atoms with Crippen LogP contribution < -0.4 is 15.5 Å². The minimum absolute atomic E-state index is 0.0682. The number of carbonyl (C=O) groups is 2. The highest BCUT2D eigenvalue weighted by molar-refractivity contribution is 6.35. The van der Waals surface area contributed by atoms with Gasteiger partial charge in [0.1, 0.15) is 0 Å². The molecule has 3 amide bonds. The van der Waals surface area contributed by atoms with Crippen molar-refractivity contribution in [2.45, 2.75) is 19.4 Å².